The molecule has 0 aliphatic rings. The first kappa shape index (κ1) is 12.3. The second-order valence-corrected chi connectivity index (χ2v) is 4.39. The zero-order valence-electron chi connectivity index (χ0n) is 8.13. The Kier molecular flexibility index (Phi) is 3.60. The minimum atomic E-state index is -1.60. The van der Waals surface area contributed by atoms with Crippen molar-refractivity contribution >= 4 is 29.1 Å². The summed E-state index contributed by atoms with van der Waals surface area (Å²) in [6.07, 6.45) is 0.0678. The molecule has 0 heterocycles. The van der Waals surface area contributed by atoms with Crippen LogP contribution in [0.2, 0.25) is 10.0 Å². The van der Waals surface area contributed by atoms with Gasteiger partial charge in [-0.15, -0.1) is 0 Å². The molecule has 1 unspecified atom stereocenters. The summed E-state index contributed by atoms with van der Waals surface area (Å²) in [5.74, 6) is -0.784. The predicted molar refractivity (Wildman–Crippen MR) is 60.0 cm³/mol. The van der Waals surface area contributed by atoms with Crippen LogP contribution in [-0.4, -0.2) is 16.6 Å². The summed E-state index contributed by atoms with van der Waals surface area (Å²) >= 11 is 11.6. The van der Waals surface area contributed by atoms with E-state index in [1.54, 1.807) is 18.2 Å². The summed E-state index contributed by atoms with van der Waals surface area (Å²) in [6, 6.07) is 4.84. The first-order valence-electron chi connectivity index (χ1n) is 4.29. The summed E-state index contributed by atoms with van der Waals surface area (Å²) < 4.78 is 0. The van der Waals surface area contributed by atoms with Gasteiger partial charge in [-0.05, 0) is 24.6 Å². The van der Waals surface area contributed by atoms with Crippen molar-refractivity contribution in [3.05, 3.63) is 33.8 Å². The van der Waals surface area contributed by atoms with Crippen LogP contribution in [0.15, 0.2) is 18.2 Å². The number of carbonyl (C=O) groups is 1. The molecule has 0 bridgehead atoms. The predicted octanol–water partition coefficient (Wildman–Crippen LogP) is 1.77. The lowest BCUT2D eigenvalue weighted by Gasteiger charge is -2.19. The fourth-order valence-electron chi connectivity index (χ4n) is 1.12. The molecule has 82 valence electrons. The van der Waals surface area contributed by atoms with E-state index < -0.39 is 11.5 Å². The van der Waals surface area contributed by atoms with Crippen molar-refractivity contribution in [3.63, 3.8) is 0 Å². The van der Waals surface area contributed by atoms with Gasteiger partial charge in [-0.25, -0.2) is 0 Å². The number of primary amides is 1. The van der Waals surface area contributed by atoms with E-state index in [4.69, 9.17) is 28.9 Å². The summed E-state index contributed by atoms with van der Waals surface area (Å²) in [6.45, 7) is 1.35. The van der Waals surface area contributed by atoms with E-state index in [9.17, 15) is 9.90 Å². The lowest BCUT2D eigenvalue weighted by molar-refractivity contribution is -0.134. The van der Waals surface area contributed by atoms with Crippen molar-refractivity contribution in [1.82, 2.24) is 0 Å². The molecule has 0 aromatic heterocycles. The molecule has 15 heavy (non-hydrogen) atoms. The van der Waals surface area contributed by atoms with Gasteiger partial charge < -0.3 is 10.8 Å². The van der Waals surface area contributed by atoms with Crippen LogP contribution >= 0.6 is 23.2 Å². The highest BCUT2D eigenvalue weighted by Crippen LogP contribution is 2.24. The number of hydrogen-bond acceptors (Lipinski definition) is 2. The zero-order chi connectivity index (χ0) is 11.6. The quantitative estimate of drug-likeness (QED) is 0.856. The van der Waals surface area contributed by atoms with Crippen molar-refractivity contribution < 1.29 is 9.90 Å². The van der Waals surface area contributed by atoms with E-state index in [-0.39, 0.29) is 6.42 Å². The highest BCUT2D eigenvalue weighted by atomic mass is 35.5. The Labute approximate surface area is 97.8 Å². The molecular formula is C10H11Cl2NO2. The van der Waals surface area contributed by atoms with Gasteiger partial charge in [0.25, 0.3) is 0 Å². The fraction of sp³-hybridized carbons (Fsp3) is 0.300. The van der Waals surface area contributed by atoms with Gasteiger partial charge in [0.2, 0.25) is 5.91 Å². The zero-order valence-corrected chi connectivity index (χ0v) is 9.64. The number of rotatable bonds is 3. The van der Waals surface area contributed by atoms with Gasteiger partial charge >= 0.3 is 0 Å². The average molecular weight is 248 g/mol. The Morgan fingerprint density at radius 1 is 1.53 bits per heavy atom. The summed E-state index contributed by atoms with van der Waals surface area (Å²) in [4.78, 5) is 10.9. The lowest BCUT2D eigenvalue weighted by Crippen LogP contribution is -2.42. The summed E-state index contributed by atoms with van der Waals surface area (Å²) in [5.41, 5.74) is 4.07. The maximum Gasteiger partial charge on any atom is 0.249 e. The first-order chi connectivity index (χ1) is 6.83. The SMILES string of the molecule is CC(O)(Cc1ccc(Cl)cc1Cl)C(N)=O. The molecule has 1 atom stereocenters. The van der Waals surface area contributed by atoms with Crippen LogP contribution in [0.4, 0.5) is 0 Å². The average Bonchev–Trinajstić information content (AvgIpc) is 2.09. The molecule has 1 rings (SSSR count). The van der Waals surface area contributed by atoms with E-state index in [0.29, 0.717) is 15.6 Å². The molecule has 0 aliphatic carbocycles. The molecular weight excluding hydrogens is 237 g/mol. The van der Waals surface area contributed by atoms with Crippen molar-refractivity contribution in [1.29, 1.82) is 0 Å². The molecule has 0 spiro atoms. The molecule has 1 amide bonds. The standard InChI is InChI=1S/C10H11Cl2NO2/c1-10(15,9(13)14)5-6-2-3-7(11)4-8(6)12/h2-4,15H,5H2,1H3,(H2,13,14). The highest BCUT2D eigenvalue weighted by molar-refractivity contribution is 6.35. The second-order valence-electron chi connectivity index (χ2n) is 3.55. The largest absolute Gasteiger partial charge is 0.380 e. The van der Waals surface area contributed by atoms with Crippen molar-refractivity contribution in [2.45, 2.75) is 18.9 Å². The number of nitrogens with two attached hydrogens (primary N) is 1. The Morgan fingerprint density at radius 3 is 2.60 bits per heavy atom. The van der Waals surface area contributed by atoms with Crippen LogP contribution in [0, 0.1) is 0 Å². The third-order valence-electron chi connectivity index (χ3n) is 2.08. The van der Waals surface area contributed by atoms with Crippen molar-refractivity contribution in [2.75, 3.05) is 0 Å². The molecule has 0 aliphatic heterocycles. The third-order valence-corrected chi connectivity index (χ3v) is 2.67. The second kappa shape index (κ2) is 4.39. The molecule has 0 saturated heterocycles. The van der Waals surface area contributed by atoms with E-state index in [1.165, 1.54) is 6.92 Å². The monoisotopic (exact) mass is 247 g/mol. The van der Waals surface area contributed by atoms with Crippen LogP contribution in [0.5, 0.6) is 0 Å². The molecule has 1 aromatic rings. The molecule has 5 heteroatoms. The van der Waals surface area contributed by atoms with Crippen molar-refractivity contribution in [2.24, 2.45) is 5.73 Å². The first-order valence-corrected chi connectivity index (χ1v) is 5.05. The number of benzene rings is 1. The van der Waals surface area contributed by atoms with E-state index in [2.05, 4.69) is 0 Å². The third kappa shape index (κ3) is 3.09. The Balaban J connectivity index is 2.95. The van der Waals surface area contributed by atoms with Crippen LogP contribution in [0.1, 0.15) is 12.5 Å². The van der Waals surface area contributed by atoms with E-state index in [1.807, 2.05) is 0 Å². The molecule has 3 N–H and O–H groups in total. The topological polar surface area (TPSA) is 63.3 Å². The van der Waals surface area contributed by atoms with Gasteiger partial charge in [-0.3, -0.25) is 4.79 Å². The fourth-order valence-corrected chi connectivity index (χ4v) is 1.60. The van der Waals surface area contributed by atoms with E-state index >= 15 is 0 Å². The lowest BCUT2D eigenvalue weighted by atomic mass is 9.96. The van der Waals surface area contributed by atoms with Crippen LogP contribution in [0.3, 0.4) is 0 Å². The Morgan fingerprint density at radius 2 is 2.13 bits per heavy atom. The van der Waals surface area contributed by atoms with Gasteiger partial charge in [0.1, 0.15) is 5.60 Å². The maximum absolute atomic E-state index is 10.9. The molecule has 1 aromatic carbocycles. The Bertz CT molecular complexity index is 391. The molecule has 3 nitrogen and oxygen atoms in total. The van der Waals surface area contributed by atoms with Gasteiger partial charge in [-0.1, -0.05) is 29.3 Å². The maximum atomic E-state index is 10.9. The number of halogens is 2. The van der Waals surface area contributed by atoms with Crippen LogP contribution in [-0.2, 0) is 11.2 Å². The van der Waals surface area contributed by atoms with Crippen molar-refractivity contribution in [3.8, 4) is 0 Å². The summed E-state index contributed by atoms with van der Waals surface area (Å²) in [7, 11) is 0. The van der Waals surface area contributed by atoms with Gasteiger partial charge in [-0.2, -0.15) is 0 Å². The summed E-state index contributed by atoms with van der Waals surface area (Å²) in [5, 5.41) is 10.6. The highest BCUT2D eigenvalue weighted by Gasteiger charge is 2.28. The van der Waals surface area contributed by atoms with Gasteiger partial charge in [0.05, 0.1) is 0 Å². The molecule has 0 saturated carbocycles. The number of hydrogen-bond donors (Lipinski definition) is 2. The molecule has 0 radical (unpaired) electrons. The Hall–Kier alpha value is -0.770. The van der Waals surface area contributed by atoms with Gasteiger partial charge in [0, 0.05) is 16.5 Å². The van der Waals surface area contributed by atoms with Crippen LogP contribution < -0.4 is 5.73 Å². The van der Waals surface area contributed by atoms with Gasteiger partial charge in [0.15, 0.2) is 0 Å². The van der Waals surface area contributed by atoms with Crippen LogP contribution in [0.25, 0.3) is 0 Å². The molecule has 0 fully saturated rings. The van der Waals surface area contributed by atoms with E-state index in [0.717, 1.165) is 0 Å². The number of amides is 1. The minimum absolute atomic E-state index is 0.0678. The smallest absolute Gasteiger partial charge is 0.249 e. The normalized spacial score (nSPS) is 14.7. The number of carbonyl (C=O) groups excluding carboxylic acids is 1. The minimum Gasteiger partial charge on any atom is -0.380 e. The number of aliphatic hydroxyl groups is 1.